The zero-order valence-electron chi connectivity index (χ0n) is 15.3. The van der Waals surface area contributed by atoms with Crippen molar-refractivity contribution < 1.29 is 13.2 Å². The van der Waals surface area contributed by atoms with Gasteiger partial charge < -0.3 is 4.90 Å². The van der Waals surface area contributed by atoms with Gasteiger partial charge in [-0.05, 0) is 36.1 Å². The molecule has 2 aromatic carbocycles. The Balaban J connectivity index is 2.24. The van der Waals surface area contributed by atoms with Crippen LogP contribution >= 0.6 is 0 Å². The van der Waals surface area contributed by atoms with Crippen LogP contribution in [0.2, 0.25) is 0 Å². The molecule has 0 saturated heterocycles. The average molecular weight is 369 g/mol. The maximum atomic E-state index is 13.0. The molecule has 0 radical (unpaired) electrons. The molecule has 0 bridgehead atoms. The molecular formula is C21H23NO3S. The third-order valence-corrected chi connectivity index (χ3v) is 5.75. The number of carbonyl (C=O) groups excluding carboxylic acids is 1. The maximum Gasteiger partial charge on any atom is 0.255 e. The molecule has 0 spiro atoms. The lowest BCUT2D eigenvalue weighted by Crippen LogP contribution is -2.27. The van der Waals surface area contributed by atoms with Crippen LogP contribution in [0, 0.1) is 6.92 Å². The summed E-state index contributed by atoms with van der Waals surface area (Å²) in [5, 5.41) is 0. The van der Waals surface area contributed by atoms with Crippen molar-refractivity contribution in [2.45, 2.75) is 25.2 Å². The molecule has 1 amide bonds. The van der Waals surface area contributed by atoms with Gasteiger partial charge in [0.05, 0.1) is 10.5 Å². The van der Waals surface area contributed by atoms with E-state index in [-0.39, 0.29) is 10.8 Å². The molecule has 1 aliphatic heterocycles. The number of nitrogens with zero attached hydrogens (tertiary/aromatic N) is 1. The van der Waals surface area contributed by atoms with Crippen LogP contribution in [-0.4, -0.2) is 38.6 Å². The Morgan fingerprint density at radius 1 is 1.04 bits per heavy atom. The smallest absolute Gasteiger partial charge is 0.255 e. The molecule has 2 aromatic rings. The molecule has 0 atom stereocenters. The maximum absolute atomic E-state index is 13.0. The summed E-state index contributed by atoms with van der Waals surface area (Å²) >= 11 is 0. The van der Waals surface area contributed by atoms with E-state index in [0.29, 0.717) is 24.2 Å². The van der Waals surface area contributed by atoms with E-state index in [9.17, 15) is 13.2 Å². The van der Waals surface area contributed by atoms with Gasteiger partial charge in [0.1, 0.15) is 0 Å². The minimum absolute atomic E-state index is 0.0333. The van der Waals surface area contributed by atoms with E-state index < -0.39 is 9.84 Å². The van der Waals surface area contributed by atoms with Crippen LogP contribution in [0.1, 0.15) is 30.0 Å². The van der Waals surface area contributed by atoms with E-state index in [0.717, 1.165) is 23.1 Å². The molecule has 136 valence electrons. The lowest BCUT2D eigenvalue weighted by Gasteiger charge is -2.16. The number of amides is 1. The molecule has 5 heteroatoms. The largest absolute Gasteiger partial charge is 0.334 e. The summed E-state index contributed by atoms with van der Waals surface area (Å²) in [7, 11) is -3.39. The Labute approximate surface area is 155 Å². The quantitative estimate of drug-likeness (QED) is 0.810. The molecular weight excluding hydrogens is 346 g/mol. The fraction of sp³-hybridized carbons (Fsp3) is 0.286. The van der Waals surface area contributed by atoms with Gasteiger partial charge in [0.15, 0.2) is 9.84 Å². The van der Waals surface area contributed by atoms with E-state index in [1.165, 1.54) is 6.26 Å². The molecule has 4 nitrogen and oxygen atoms in total. The van der Waals surface area contributed by atoms with Crippen LogP contribution < -0.4 is 0 Å². The van der Waals surface area contributed by atoms with Crippen molar-refractivity contribution in [3.05, 3.63) is 65.2 Å². The van der Waals surface area contributed by atoms with Crippen LogP contribution in [0.15, 0.2) is 53.4 Å². The SMILES string of the molecule is CCCN1CC(c2ccccc2S(C)(=O)=O)=C(c2ccc(C)cc2)C1=O. The number of aryl methyl sites for hydroxylation is 1. The van der Waals surface area contributed by atoms with Gasteiger partial charge in [-0.1, -0.05) is 55.0 Å². The van der Waals surface area contributed by atoms with Crippen LogP contribution in [0.3, 0.4) is 0 Å². The second kappa shape index (κ2) is 7.08. The highest BCUT2D eigenvalue weighted by atomic mass is 32.2. The first-order valence-corrected chi connectivity index (χ1v) is 10.6. The van der Waals surface area contributed by atoms with Crippen LogP contribution in [0.4, 0.5) is 0 Å². The van der Waals surface area contributed by atoms with Crippen LogP contribution in [-0.2, 0) is 14.6 Å². The molecule has 0 N–H and O–H groups in total. The van der Waals surface area contributed by atoms with E-state index in [1.807, 2.05) is 44.2 Å². The van der Waals surface area contributed by atoms with Crippen molar-refractivity contribution in [1.82, 2.24) is 4.90 Å². The molecule has 1 aliphatic rings. The summed E-state index contributed by atoms with van der Waals surface area (Å²) in [4.78, 5) is 15.1. The first kappa shape index (κ1) is 18.4. The third kappa shape index (κ3) is 3.44. The van der Waals surface area contributed by atoms with Gasteiger partial charge in [-0.3, -0.25) is 4.79 Å². The number of sulfone groups is 1. The minimum Gasteiger partial charge on any atom is -0.334 e. The predicted octanol–water partition coefficient (Wildman–Crippen LogP) is 3.56. The van der Waals surface area contributed by atoms with Gasteiger partial charge in [-0.15, -0.1) is 0 Å². The van der Waals surface area contributed by atoms with Crippen molar-refractivity contribution in [1.29, 1.82) is 0 Å². The van der Waals surface area contributed by atoms with Crippen molar-refractivity contribution in [2.24, 2.45) is 0 Å². The monoisotopic (exact) mass is 369 g/mol. The fourth-order valence-corrected chi connectivity index (χ4v) is 4.27. The first-order chi connectivity index (χ1) is 12.3. The molecule has 26 heavy (non-hydrogen) atoms. The Morgan fingerprint density at radius 3 is 2.31 bits per heavy atom. The Hall–Kier alpha value is -2.40. The van der Waals surface area contributed by atoms with Gasteiger partial charge in [0, 0.05) is 19.3 Å². The zero-order valence-corrected chi connectivity index (χ0v) is 16.1. The zero-order chi connectivity index (χ0) is 18.9. The highest BCUT2D eigenvalue weighted by molar-refractivity contribution is 7.90. The fourth-order valence-electron chi connectivity index (χ4n) is 3.36. The number of benzene rings is 2. The number of hydrogen-bond donors (Lipinski definition) is 0. The van der Waals surface area contributed by atoms with Gasteiger partial charge in [-0.2, -0.15) is 0 Å². The molecule has 1 heterocycles. The van der Waals surface area contributed by atoms with E-state index in [4.69, 9.17) is 0 Å². The number of carbonyl (C=O) groups is 1. The van der Waals surface area contributed by atoms with Crippen molar-refractivity contribution in [3.8, 4) is 0 Å². The first-order valence-electron chi connectivity index (χ1n) is 8.72. The van der Waals surface area contributed by atoms with E-state index >= 15 is 0 Å². The highest BCUT2D eigenvalue weighted by Crippen LogP contribution is 2.37. The summed E-state index contributed by atoms with van der Waals surface area (Å²) < 4.78 is 24.5. The Bertz CT molecular complexity index is 973. The highest BCUT2D eigenvalue weighted by Gasteiger charge is 2.33. The van der Waals surface area contributed by atoms with Crippen LogP contribution in [0.25, 0.3) is 11.1 Å². The number of hydrogen-bond acceptors (Lipinski definition) is 3. The van der Waals surface area contributed by atoms with Crippen molar-refractivity contribution >= 4 is 26.9 Å². The third-order valence-electron chi connectivity index (χ3n) is 4.60. The van der Waals surface area contributed by atoms with E-state index in [1.54, 1.807) is 23.1 Å². The summed E-state index contributed by atoms with van der Waals surface area (Å²) in [6.45, 7) is 5.11. The topological polar surface area (TPSA) is 54.5 Å². The second-order valence-corrected chi connectivity index (χ2v) is 8.70. The predicted molar refractivity (Wildman–Crippen MR) is 104 cm³/mol. The van der Waals surface area contributed by atoms with Gasteiger partial charge in [0.2, 0.25) is 0 Å². The summed E-state index contributed by atoms with van der Waals surface area (Å²) in [5.41, 5.74) is 3.96. The lowest BCUT2D eigenvalue weighted by molar-refractivity contribution is -0.123. The normalized spacial score (nSPS) is 15.0. The second-order valence-electron chi connectivity index (χ2n) is 6.71. The number of rotatable bonds is 5. The van der Waals surface area contributed by atoms with Crippen molar-refractivity contribution in [3.63, 3.8) is 0 Å². The molecule has 0 saturated carbocycles. The average Bonchev–Trinajstić information content (AvgIpc) is 2.92. The lowest BCUT2D eigenvalue weighted by atomic mass is 9.96. The summed E-state index contributed by atoms with van der Waals surface area (Å²) in [6.07, 6.45) is 2.06. The van der Waals surface area contributed by atoms with Crippen molar-refractivity contribution in [2.75, 3.05) is 19.3 Å². The summed E-state index contributed by atoms with van der Waals surface area (Å²) in [5.74, 6) is -0.0333. The molecule has 0 fully saturated rings. The van der Waals surface area contributed by atoms with Gasteiger partial charge in [-0.25, -0.2) is 8.42 Å². The molecule has 0 unspecified atom stereocenters. The minimum atomic E-state index is -3.39. The Kier molecular flexibility index (Phi) is 5.01. The molecule has 0 aromatic heterocycles. The summed E-state index contributed by atoms with van der Waals surface area (Å²) in [6, 6.07) is 14.7. The van der Waals surface area contributed by atoms with Crippen LogP contribution in [0.5, 0.6) is 0 Å². The van der Waals surface area contributed by atoms with Gasteiger partial charge >= 0.3 is 0 Å². The molecule has 3 rings (SSSR count). The van der Waals surface area contributed by atoms with Gasteiger partial charge in [0.25, 0.3) is 5.91 Å². The molecule has 0 aliphatic carbocycles. The Morgan fingerprint density at radius 2 is 1.69 bits per heavy atom. The van der Waals surface area contributed by atoms with E-state index in [2.05, 4.69) is 0 Å². The standard InChI is InChI=1S/C21H23NO3S/c1-4-13-22-14-18(17-7-5-6-8-19(17)26(3,24)25)20(21(22)23)16-11-9-15(2)10-12-16/h5-12H,4,13-14H2,1-3H3.